The van der Waals surface area contributed by atoms with Crippen LogP contribution in [0.25, 0.3) is 5.95 Å². The average molecular weight is 379 g/mol. The summed E-state index contributed by atoms with van der Waals surface area (Å²) in [7, 11) is 0. The molecule has 0 amide bonds. The lowest BCUT2D eigenvalue weighted by molar-refractivity contribution is 0.585. The van der Waals surface area contributed by atoms with E-state index >= 15 is 0 Å². The molecular formula is C22H26N4S. The molecule has 0 aromatic carbocycles. The van der Waals surface area contributed by atoms with Crippen LogP contribution in [0, 0.1) is 11.8 Å². The molecule has 0 aliphatic heterocycles. The second-order valence-corrected chi connectivity index (χ2v) is 9.01. The first-order valence-corrected chi connectivity index (χ1v) is 11.2. The summed E-state index contributed by atoms with van der Waals surface area (Å²) in [5.41, 5.74) is 2.67. The molecule has 0 radical (unpaired) electrons. The summed E-state index contributed by atoms with van der Waals surface area (Å²) < 4.78 is 1.90. The van der Waals surface area contributed by atoms with E-state index in [1.165, 1.54) is 61.1 Å². The maximum atomic E-state index is 4.94. The van der Waals surface area contributed by atoms with Crippen molar-refractivity contribution < 1.29 is 0 Å². The van der Waals surface area contributed by atoms with Gasteiger partial charge >= 0.3 is 0 Å². The zero-order chi connectivity index (χ0) is 18.1. The zero-order valence-electron chi connectivity index (χ0n) is 15.6. The number of nitrogens with zero attached hydrogens (tertiary/aromatic N) is 4. The van der Waals surface area contributed by atoms with E-state index in [2.05, 4.69) is 33.7 Å². The normalized spacial score (nSPS) is 25.3. The fourth-order valence-corrected chi connectivity index (χ4v) is 5.62. The molecule has 3 aromatic rings. The largest absolute Gasteiger partial charge is 0.250 e. The van der Waals surface area contributed by atoms with Gasteiger partial charge in [0, 0.05) is 29.9 Å². The van der Waals surface area contributed by atoms with Crippen molar-refractivity contribution in [1.29, 1.82) is 0 Å². The van der Waals surface area contributed by atoms with E-state index in [-0.39, 0.29) is 0 Å². The Balaban J connectivity index is 1.47. The molecule has 2 saturated carbocycles. The molecule has 2 atom stereocenters. The number of hydrogen-bond acceptors (Lipinski definition) is 4. The standard InChI is InChI=1S/C22H26N4S/c1-2-4-9-17-18(10-5-3-1)21(17)19-15-26(22-23-11-7-12-24-22)25-20(19)14-16-8-6-13-27-16/h6-8,11-13,15,17-18,21H,1-5,9-10,14H2. The van der Waals surface area contributed by atoms with Crippen molar-refractivity contribution in [3.05, 3.63) is 58.3 Å². The molecule has 4 nitrogen and oxygen atoms in total. The van der Waals surface area contributed by atoms with E-state index in [4.69, 9.17) is 5.10 Å². The van der Waals surface area contributed by atoms with Gasteiger partial charge in [-0.1, -0.05) is 38.2 Å². The van der Waals surface area contributed by atoms with Crippen LogP contribution >= 0.6 is 11.3 Å². The monoisotopic (exact) mass is 378 g/mol. The van der Waals surface area contributed by atoms with Crippen molar-refractivity contribution in [2.75, 3.05) is 0 Å². The minimum Gasteiger partial charge on any atom is -0.220 e. The number of hydrogen-bond donors (Lipinski definition) is 0. The molecular weight excluding hydrogens is 352 g/mol. The Labute approximate surface area is 164 Å². The maximum Gasteiger partial charge on any atom is 0.250 e. The Morgan fingerprint density at radius 2 is 1.70 bits per heavy atom. The van der Waals surface area contributed by atoms with Crippen LogP contribution in [0.3, 0.4) is 0 Å². The van der Waals surface area contributed by atoms with Gasteiger partial charge in [-0.25, -0.2) is 14.6 Å². The lowest BCUT2D eigenvalue weighted by atomic mass is 10.0. The average Bonchev–Trinajstić information content (AvgIpc) is 3.10. The number of rotatable bonds is 4. The van der Waals surface area contributed by atoms with Gasteiger partial charge in [0.1, 0.15) is 0 Å². The Morgan fingerprint density at radius 3 is 2.41 bits per heavy atom. The smallest absolute Gasteiger partial charge is 0.220 e. The Bertz CT molecular complexity index is 857. The summed E-state index contributed by atoms with van der Waals surface area (Å²) in [5, 5.41) is 7.09. The summed E-state index contributed by atoms with van der Waals surface area (Å²) in [5.74, 6) is 3.08. The minimum atomic E-state index is 0.672. The van der Waals surface area contributed by atoms with E-state index in [1.807, 2.05) is 22.1 Å². The van der Waals surface area contributed by atoms with Crippen LogP contribution in [0.5, 0.6) is 0 Å². The SMILES string of the molecule is c1cnc(-n2cc(C3C4CCCCCCCC43)c(Cc3cccs3)n2)nc1. The van der Waals surface area contributed by atoms with Crippen LogP contribution in [0.1, 0.15) is 67.0 Å². The first-order chi connectivity index (χ1) is 13.4. The summed E-state index contributed by atoms with van der Waals surface area (Å²) >= 11 is 1.82. The van der Waals surface area contributed by atoms with Gasteiger partial charge in [0.05, 0.1) is 5.69 Å². The second kappa shape index (κ2) is 7.55. The third-order valence-electron chi connectivity index (χ3n) is 6.27. The van der Waals surface area contributed by atoms with Crippen molar-refractivity contribution in [3.63, 3.8) is 0 Å². The maximum absolute atomic E-state index is 4.94. The van der Waals surface area contributed by atoms with Crippen molar-refractivity contribution in [1.82, 2.24) is 19.7 Å². The lowest BCUT2D eigenvalue weighted by Gasteiger charge is -2.03. The van der Waals surface area contributed by atoms with Crippen molar-refractivity contribution in [2.45, 2.75) is 57.3 Å². The zero-order valence-corrected chi connectivity index (χ0v) is 16.4. The third-order valence-corrected chi connectivity index (χ3v) is 7.14. The van der Waals surface area contributed by atoms with Crippen molar-refractivity contribution in [3.8, 4) is 5.95 Å². The highest BCUT2D eigenvalue weighted by Crippen LogP contribution is 2.60. The summed E-state index contributed by atoms with van der Waals surface area (Å²) in [4.78, 5) is 10.2. The quantitative estimate of drug-likeness (QED) is 0.611. The van der Waals surface area contributed by atoms with Gasteiger partial charge in [0.25, 0.3) is 0 Å². The predicted molar refractivity (Wildman–Crippen MR) is 108 cm³/mol. The van der Waals surface area contributed by atoms with Crippen LogP contribution in [0.4, 0.5) is 0 Å². The van der Waals surface area contributed by atoms with Crippen molar-refractivity contribution in [2.24, 2.45) is 11.8 Å². The molecule has 0 spiro atoms. The molecule has 27 heavy (non-hydrogen) atoms. The molecule has 2 unspecified atom stereocenters. The van der Waals surface area contributed by atoms with Gasteiger partial charge in [0.15, 0.2) is 0 Å². The molecule has 0 N–H and O–H groups in total. The van der Waals surface area contributed by atoms with Gasteiger partial charge in [-0.15, -0.1) is 11.3 Å². The molecule has 2 aliphatic carbocycles. The number of aromatic nitrogens is 4. The molecule has 5 rings (SSSR count). The molecule has 2 aliphatic rings. The first kappa shape index (κ1) is 17.1. The van der Waals surface area contributed by atoms with Gasteiger partial charge in [-0.2, -0.15) is 5.10 Å². The Kier molecular flexibility index (Phi) is 4.78. The van der Waals surface area contributed by atoms with E-state index in [1.54, 1.807) is 12.4 Å². The first-order valence-electron chi connectivity index (χ1n) is 10.3. The third kappa shape index (κ3) is 3.57. The highest BCUT2D eigenvalue weighted by molar-refractivity contribution is 7.09. The highest BCUT2D eigenvalue weighted by Gasteiger charge is 2.51. The van der Waals surface area contributed by atoms with E-state index in [0.29, 0.717) is 11.9 Å². The summed E-state index contributed by atoms with van der Waals surface area (Å²) in [6.07, 6.45) is 16.5. The molecule has 0 saturated heterocycles. The highest BCUT2D eigenvalue weighted by atomic mass is 32.1. The van der Waals surface area contributed by atoms with E-state index in [0.717, 1.165) is 18.3 Å². The summed E-state index contributed by atoms with van der Waals surface area (Å²) in [6, 6.07) is 6.20. The Morgan fingerprint density at radius 1 is 0.963 bits per heavy atom. The summed E-state index contributed by atoms with van der Waals surface area (Å²) in [6.45, 7) is 0. The molecule has 2 fully saturated rings. The van der Waals surface area contributed by atoms with Crippen LogP contribution in [-0.2, 0) is 6.42 Å². The van der Waals surface area contributed by atoms with Crippen molar-refractivity contribution >= 4 is 11.3 Å². The molecule has 0 bridgehead atoms. The van der Waals surface area contributed by atoms with Crippen LogP contribution in [-0.4, -0.2) is 19.7 Å². The number of fused-ring (bicyclic) bond motifs is 1. The fraction of sp³-hybridized carbons (Fsp3) is 0.500. The van der Waals surface area contributed by atoms with E-state index in [9.17, 15) is 0 Å². The van der Waals surface area contributed by atoms with Gasteiger partial charge < -0.3 is 0 Å². The van der Waals surface area contributed by atoms with Gasteiger partial charge in [0.2, 0.25) is 5.95 Å². The van der Waals surface area contributed by atoms with Gasteiger partial charge in [-0.05, 0) is 53.7 Å². The lowest BCUT2D eigenvalue weighted by Crippen LogP contribution is -2.01. The van der Waals surface area contributed by atoms with E-state index < -0.39 is 0 Å². The van der Waals surface area contributed by atoms with Crippen LogP contribution < -0.4 is 0 Å². The molecule has 3 aromatic heterocycles. The number of thiophene rings is 1. The second-order valence-electron chi connectivity index (χ2n) is 7.98. The molecule has 140 valence electrons. The predicted octanol–water partition coefficient (Wildman–Crippen LogP) is 5.39. The minimum absolute atomic E-state index is 0.672. The Hall–Kier alpha value is -2.01. The van der Waals surface area contributed by atoms with Crippen LogP contribution in [0.15, 0.2) is 42.2 Å². The van der Waals surface area contributed by atoms with Crippen LogP contribution in [0.2, 0.25) is 0 Å². The van der Waals surface area contributed by atoms with Gasteiger partial charge in [-0.3, -0.25) is 0 Å². The fourth-order valence-electron chi connectivity index (χ4n) is 4.91. The molecule has 5 heteroatoms. The topological polar surface area (TPSA) is 43.6 Å². The molecule has 3 heterocycles.